The molecule has 0 saturated heterocycles. The van der Waals surface area contributed by atoms with Crippen LogP contribution in [0.3, 0.4) is 0 Å². The molecular formula is C12H20F3N5. The van der Waals surface area contributed by atoms with E-state index < -0.39 is 12.0 Å². The summed E-state index contributed by atoms with van der Waals surface area (Å²) in [6.07, 6.45) is -3.80. The number of nitrogens with one attached hydrogen (secondary N) is 1. The molecule has 0 aliphatic rings. The van der Waals surface area contributed by atoms with E-state index in [2.05, 4.69) is 34.0 Å². The van der Waals surface area contributed by atoms with Crippen molar-refractivity contribution in [2.45, 2.75) is 32.5 Å². The first-order valence-electron chi connectivity index (χ1n) is 6.36. The second kappa shape index (κ2) is 6.74. The number of hydrogen-bond acceptors (Lipinski definition) is 5. The van der Waals surface area contributed by atoms with Crippen LogP contribution in [0.15, 0.2) is 6.07 Å². The van der Waals surface area contributed by atoms with Crippen LogP contribution in [0.2, 0.25) is 0 Å². The van der Waals surface area contributed by atoms with Gasteiger partial charge < -0.3 is 16.0 Å². The minimum Gasteiger partial charge on any atom is -0.384 e. The third-order valence-corrected chi connectivity index (χ3v) is 2.87. The molecule has 0 amide bonds. The molecule has 1 aromatic rings. The molecule has 0 aliphatic carbocycles. The van der Waals surface area contributed by atoms with Crippen LogP contribution >= 0.6 is 0 Å². The highest BCUT2D eigenvalue weighted by Gasteiger charge is 2.35. The average molecular weight is 291 g/mol. The van der Waals surface area contributed by atoms with Crippen LogP contribution in [0, 0.1) is 0 Å². The zero-order valence-corrected chi connectivity index (χ0v) is 11.8. The van der Waals surface area contributed by atoms with Crippen molar-refractivity contribution < 1.29 is 13.2 Å². The summed E-state index contributed by atoms with van der Waals surface area (Å²) in [5.74, 6) is -1.33. The highest BCUT2D eigenvalue weighted by atomic mass is 19.4. The molecule has 0 spiro atoms. The van der Waals surface area contributed by atoms with E-state index >= 15 is 0 Å². The van der Waals surface area contributed by atoms with Crippen LogP contribution < -0.4 is 11.1 Å². The minimum atomic E-state index is -4.59. The average Bonchev–Trinajstić information content (AvgIpc) is 2.32. The van der Waals surface area contributed by atoms with E-state index in [0.29, 0.717) is 12.6 Å². The standard InChI is InChI=1S/C12H20F3N5/c1-8(2)20(3)6-4-5-17-10-7-9(16)18-11(19-10)12(13,14)15/h7-8H,4-6H2,1-3H3,(H3,16,17,18,19). The van der Waals surface area contributed by atoms with Crippen molar-refractivity contribution in [2.75, 3.05) is 31.2 Å². The van der Waals surface area contributed by atoms with Gasteiger partial charge in [-0.3, -0.25) is 0 Å². The molecule has 0 atom stereocenters. The van der Waals surface area contributed by atoms with Crippen molar-refractivity contribution in [3.05, 3.63) is 11.9 Å². The summed E-state index contributed by atoms with van der Waals surface area (Å²) < 4.78 is 37.5. The van der Waals surface area contributed by atoms with Gasteiger partial charge in [-0.1, -0.05) is 0 Å². The first-order valence-corrected chi connectivity index (χ1v) is 6.36. The Kier molecular flexibility index (Phi) is 5.55. The van der Waals surface area contributed by atoms with E-state index in [1.54, 1.807) is 0 Å². The highest BCUT2D eigenvalue weighted by Crippen LogP contribution is 2.27. The topological polar surface area (TPSA) is 67.1 Å². The lowest BCUT2D eigenvalue weighted by Crippen LogP contribution is -2.28. The number of aromatic nitrogens is 2. The number of nitrogens with zero attached hydrogens (tertiary/aromatic N) is 3. The molecule has 0 fully saturated rings. The Balaban J connectivity index is 2.54. The van der Waals surface area contributed by atoms with Crippen molar-refractivity contribution in [3.8, 4) is 0 Å². The van der Waals surface area contributed by atoms with Crippen molar-refractivity contribution in [2.24, 2.45) is 0 Å². The molecule has 1 rings (SSSR count). The molecule has 8 heteroatoms. The Morgan fingerprint density at radius 1 is 1.35 bits per heavy atom. The third-order valence-electron chi connectivity index (χ3n) is 2.87. The van der Waals surface area contributed by atoms with Crippen molar-refractivity contribution in [3.63, 3.8) is 0 Å². The van der Waals surface area contributed by atoms with Gasteiger partial charge in [0.25, 0.3) is 0 Å². The second-order valence-electron chi connectivity index (χ2n) is 4.85. The summed E-state index contributed by atoms with van der Waals surface area (Å²) in [4.78, 5) is 8.74. The van der Waals surface area contributed by atoms with Gasteiger partial charge in [0, 0.05) is 18.7 Å². The van der Waals surface area contributed by atoms with E-state index in [-0.39, 0.29) is 11.6 Å². The van der Waals surface area contributed by atoms with Gasteiger partial charge in [-0.15, -0.1) is 0 Å². The van der Waals surface area contributed by atoms with Crippen LogP contribution in [-0.4, -0.2) is 41.0 Å². The molecule has 1 aromatic heterocycles. The maximum Gasteiger partial charge on any atom is 0.451 e. The molecule has 0 unspecified atom stereocenters. The van der Waals surface area contributed by atoms with Crippen molar-refractivity contribution in [1.82, 2.24) is 14.9 Å². The quantitative estimate of drug-likeness (QED) is 0.787. The number of nitrogens with two attached hydrogens (primary N) is 1. The van der Waals surface area contributed by atoms with Gasteiger partial charge in [0.05, 0.1) is 0 Å². The van der Waals surface area contributed by atoms with Gasteiger partial charge in [-0.25, -0.2) is 9.97 Å². The Morgan fingerprint density at radius 2 is 2.00 bits per heavy atom. The molecule has 0 radical (unpaired) electrons. The lowest BCUT2D eigenvalue weighted by atomic mass is 10.3. The number of halogens is 3. The highest BCUT2D eigenvalue weighted by molar-refractivity contribution is 5.44. The van der Waals surface area contributed by atoms with E-state index in [1.807, 2.05) is 7.05 Å². The van der Waals surface area contributed by atoms with Gasteiger partial charge in [0.1, 0.15) is 11.6 Å². The van der Waals surface area contributed by atoms with Gasteiger partial charge in [-0.05, 0) is 33.9 Å². The monoisotopic (exact) mass is 291 g/mol. The van der Waals surface area contributed by atoms with Gasteiger partial charge in [-0.2, -0.15) is 13.2 Å². The smallest absolute Gasteiger partial charge is 0.384 e. The minimum absolute atomic E-state index is 0.0945. The third kappa shape index (κ3) is 5.20. The molecule has 0 aliphatic heterocycles. The number of anilines is 2. The fourth-order valence-corrected chi connectivity index (χ4v) is 1.49. The summed E-state index contributed by atoms with van der Waals surface area (Å²) in [7, 11) is 2.00. The Bertz CT molecular complexity index is 434. The van der Waals surface area contributed by atoms with Gasteiger partial charge in [0.15, 0.2) is 0 Å². The Hall–Kier alpha value is -1.57. The van der Waals surface area contributed by atoms with Crippen molar-refractivity contribution >= 4 is 11.6 Å². The molecule has 0 bridgehead atoms. The zero-order chi connectivity index (χ0) is 15.3. The molecule has 0 aromatic carbocycles. The summed E-state index contributed by atoms with van der Waals surface area (Å²) in [5.41, 5.74) is 5.35. The fourth-order valence-electron chi connectivity index (χ4n) is 1.49. The number of rotatable bonds is 6. The number of nitrogen functional groups attached to an aromatic ring is 1. The van der Waals surface area contributed by atoms with E-state index in [0.717, 1.165) is 13.0 Å². The molecule has 3 N–H and O–H groups in total. The largest absolute Gasteiger partial charge is 0.451 e. The zero-order valence-electron chi connectivity index (χ0n) is 11.8. The fraction of sp³-hybridized carbons (Fsp3) is 0.667. The maximum absolute atomic E-state index is 12.5. The lowest BCUT2D eigenvalue weighted by molar-refractivity contribution is -0.144. The predicted molar refractivity (Wildman–Crippen MR) is 72.3 cm³/mol. The van der Waals surface area contributed by atoms with Crippen LogP contribution in [0.25, 0.3) is 0 Å². The summed E-state index contributed by atoms with van der Waals surface area (Å²) >= 11 is 0. The Labute approximate surface area is 116 Å². The molecule has 114 valence electrons. The molecule has 0 saturated carbocycles. The molecule has 1 heterocycles. The normalized spacial score (nSPS) is 12.2. The number of alkyl halides is 3. The molecular weight excluding hydrogens is 271 g/mol. The molecule has 5 nitrogen and oxygen atoms in total. The van der Waals surface area contributed by atoms with Crippen LogP contribution in [-0.2, 0) is 6.18 Å². The second-order valence-corrected chi connectivity index (χ2v) is 4.85. The van der Waals surface area contributed by atoms with E-state index in [9.17, 15) is 13.2 Å². The van der Waals surface area contributed by atoms with Gasteiger partial charge >= 0.3 is 6.18 Å². The van der Waals surface area contributed by atoms with E-state index in [1.165, 1.54) is 6.07 Å². The predicted octanol–water partition coefficient (Wildman–Crippen LogP) is 2.22. The first kappa shape index (κ1) is 16.5. The lowest BCUT2D eigenvalue weighted by Gasteiger charge is -2.20. The van der Waals surface area contributed by atoms with Crippen LogP contribution in [0.4, 0.5) is 24.8 Å². The van der Waals surface area contributed by atoms with Crippen LogP contribution in [0.1, 0.15) is 26.1 Å². The molecule has 20 heavy (non-hydrogen) atoms. The van der Waals surface area contributed by atoms with Gasteiger partial charge in [0.2, 0.25) is 5.82 Å². The maximum atomic E-state index is 12.5. The Morgan fingerprint density at radius 3 is 2.55 bits per heavy atom. The number of hydrogen-bond donors (Lipinski definition) is 2. The summed E-state index contributed by atoms with van der Waals surface area (Å²) in [6.45, 7) is 5.52. The van der Waals surface area contributed by atoms with Crippen LogP contribution in [0.5, 0.6) is 0 Å². The summed E-state index contributed by atoms with van der Waals surface area (Å²) in [5, 5.41) is 2.83. The SMILES string of the molecule is CC(C)N(C)CCCNc1cc(N)nc(C(F)(F)F)n1. The summed E-state index contributed by atoms with van der Waals surface area (Å²) in [6, 6.07) is 1.73. The van der Waals surface area contributed by atoms with E-state index in [4.69, 9.17) is 5.73 Å². The van der Waals surface area contributed by atoms with Crippen molar-refractivity contribution in [1.29, 1.82) is 0 Å². The first-order chi connectivity index (χ1) is 9.20.